The molecule has 4 nitrogen and oxygen atoms in total. The molecular formula is C15H18N4. The number of hydrogen-bond acceptors (Lipinski definition) is 4. The third-order valence-corrected chi connectivity index (χ3v) is 3.53. The average molecular weight is 254 g/mol. The number of fused-ring (bicyclic) bond motifs is 1. The van der Waals surface area contributed by atoms with E-state index in [0.717, 1.165) is 18.8 Å². The Morgan fingerprint density at radius 3 is 2.84 bits per heavy atom. The molecule has 0 radical (unpaired) electrons. The van der Waals surface area contributed by atoms with Gasteiger partial charge in [0, 0.05) is 12.2 Å². The molecule has 1 aliphatic heterocycles. The van der Waals surface area contributed by atoms with Crippen LogP contribution in [0.25, 0.3) is 0 Å². The topological polar surface area (TPSA) is 55.0 Å². The number of aryl methyl sites for hydroxylation is 1. The van der Waals surface area contributed by atoms with E-state index in [0.29, 0.717) is 5.82 Å². The van der Waals surface area contributed by atoms with Crippen molar-refractivity contribution in [1.29, 1.82) is 0 Å². The fourth-order valence-corrected chi connectivity index (χ4v) is 2.58. The number of anilines is 2. The molecule has 0 aliphatic carbocycles. The van der Waals surface area contributed by atoms with E-state index in [1.54, 1.807) is 12.4 Å². The molecule has 19 heavy (non-hydrogen) atoms. The highest BCUT2D eigenvalue weighted by atomic mass is 15.1. The molecule has 0 amide bonds. The first-order valence-electron chi connectivity index (χ1n) is 6.72. The van der Waals surface area contributed by atoms with Crippen LogP contribution >= 0.6 is 0 Å². The number of rotatable bonds is 2. The fraction of sp³-hybridized carbons (Fsp3) is 0.333. The molecule has 0 bridgehead atoms. The van der Waals surface area contributed by atoms with Gasteiger partial charge in [-0.05, 0) is 30.9 Å². The first-order chi connectivity index (χ1) is 9.33. The molecule has 1 aromatic carbocycles. The van der Waals surface area contributed by atoms with Gasteiger partial charge in [0.05, 0.1) is 24.6 Å². The van der Waals surface area contributed by atoms with Gasteiger partial charge in [-0.1, -0.05) is 18.2 Å². The summed E-state index contributed by atoms with van der Waals surface area (Å²) in [6.07, 6.45) is 7.03. The molecule has 0 atom stereocenters. The summed E-state index contributed by atoms with van der Waals surface area (Å²) >= 11 is 0. The highest BCUT2D eigenvalue weighted by Crippen LogP contribution is 2.27. The molecule has 0 saturated carbocycles. The lowest BCUT2D eigenvalue weighted by atomic mass is 10.1. The summed E-state index contributed by atoms with van der Waals surface area (Å²) in [5, 5.41) is 0. The van der Waals surface area contributed by atoms with Crippen molar-refractivity contribution in [1.82, 2.24) is 9.97 Å². The minimum atomic E-state index is 0.472. The second-order valence-corrected chi connectivity index (χ2v) is 4.94. The fourth-order valence-electron chi connectivity index (χ4n) is 2.58. The Hall–Kier alpha value is -2.10. The number of nitrogen functional groups attached to an aromatic ring is 1. The third kappa shape index (κ3) is 2.67. The van der Waals surface area contributed by atoms with Gasteiger partial charge in [-0.25, -0.2) is 4.98 Å². The standard InChI is InChI=1S/C15H18N4/c16-15-10-17-13(9-18-15)11-19-8-4-3-6-12-5-1-2-7-14(12)19/h1-2,5,7,9-10H,3-4,6,8,11H2,(H2,16,18). The van der Waals surface area contributed by atoms with E-state index in [4.69, 9.17) is 5.73 Å². The largest absolute Gasteiger partial charge is 0.382 e. The summed E-state index contributed by atoms with van der Waals surface area (Å²) in [6.45, 7) is 1.87. The highest BCUT2D eigenvalue weighted by Gasteiger charge is 2.15. The predicted molar refractivity (Wildman–Crippen MR) is 76.9 cm³/mol. The molecule has 4 heteroatoms. The zero-order valence-corrected chi connectivity index (χ0v) is 10.9. The summed E-state index contributed by atoms with van der Waals surface area (Å²) in [5.74, 6) is 0.472. The van der Waals surface area contributed by atoms with Crippen molar-refractivity contribution >= 4 is 11.5 Å². The van der Waals surface area contributed by atoms with E-state index < -0.39 is 0 Å². The SMILES string of the molecule is Nc1cnc(CN2CCCCc3ccccc32)cn1. The van der Waals surface area contributed by atoms with E-state index in [1.165, 1.54) is 30.5 Å². The van der Waals surface area contributed by atoms with Crippen LogP contribution in [0.2, 0.25) is 0 Å². The monoisotopic (exact) mass is 254 g/mol. The second-order valence-electron chi connectivity index (χ2n) is 4.94. The van der Waals surface area contributed by atoms with Gasteiger partial charge in [0.25, 0.3) is 0 Å². The van der Waals surface area contributed by atoms with Crippen LogP contribution in [0.15, 0.2) is 36.7 Å². The third-order valence-electron chi connectivity index (χ3n) is 3.53. The van der Waals surface area contributed by atoms with E-state index in [2.05, 4.69) is 39.1 Å². The summed E-state index contributed by atoms with van der Waals surface area (Å²) in [4.78, 5) is 10.9. The molecule has 1 aliphatic rings. The van der Waals surface area contributed by atoms with Gasteiger partial charge in [0.15, 0.2) is 0 Å². The van der Waals surface area contributed by atoms with E-state index in [1.807, 2.05) is 0 Å². The lowest BCUT2D eigenvalue weighted by Gasteiger charge is -2.24. The van der Waals surface area contributed by atoms with Crippen LogP contribution in [0, 0.1) is 0 Å². The molecule has 2 heterocycles. The predicted octanol–water partition coefficient (Wildman–Crippen LogP) is 2.40. The number of para-hydroxylation sites is 1. The number of nitrogens with two attached hydrogens (primary N) is 1. The minimum absolute atomic E-state index is 0.472. The van der Waals surface area contributed by atoms with Gasteiger partial charge < -0.3 is 10.6 Å². The van der Waals surface area contributed by atoms with Crippen LogP contribution in [0.4, 0.5) is 11.5 Å². The van der Waals surface area contributed by atoms with Gasteiger partial charge in [0.1, 0.15) is 5.82 Å². The Balaban J connectivity index is 1.86. The Kier molecular flexibility index (Phi) is 3.31. The van der Waals surface area contributed by atoms with Crippen molar-refractivity contribution in [3.63, 3.8) is 0 Å². The Morgan fingerprint density at radius 1 is 1.11 bits per heavy atom. The Labute approximate surface area is 113 Å². The maximum atomic E-state index is 5.57. The summed E-state index contributed by atoms with van der Waals surface area (Å²) < 4.78 is 0. The maximum Gasteiger partial charge on any atom is 0.141 e. The van der Waals surface area contributed by atoms with Crippen LogP contribution in [0.5, 0.6) is 0 Å². The molecule has 0 saturated heterocycles. The summed E-state index contributed by atoms with van der Waals surface area (Å²) in [6, 6.07) is 8.64. The van der Waals surface area contributed by atoms with Crippen molar-refractivity contribution in [3.05, 3.63) is 47.9 Å². The number of benzene rings is 1. The Morgan fingerprint density at radius 2 is 2.00 bits per heavy atom. The van der Waals surface area contributed by atoms with Crippen LogP contribution < -0.4 is 10.6 Å². The van der Waals surface area contributed by atoms with E-state index in [9.17, 15) is 0 Å². The van der Waals surface area contributed by atoms with Crippen molar-refractivity contribution in [2.24, 2.45) is 0 Å². The smallest absolute Gasteiger partial charge is 0.141 e. The van der Waals surface area contributed by atoms with Crippen molar-refractivity contribution in [3.8, 4) is 0 Å². The summed E-state index contributed by atoms with van der Waals surface area (Å²) in [7, 11) is 0. The zero-order valence-electron chi connectivity index (χ0n) is 10.9. The molecule has 2 N–H and O–H groups in total. The first-order valence-corrected chi connectivity index (χ1v) is 6.72. The molecule has 3 rings (SSSR count). The van der Waals surface area contributed by atoms with Gasteiger partial charge >= 0.3 is 0 Å². The van der Waals surface area contributed by atoms with Crippen LogP contribution in [-0.2, 0) is 13.0 Å². The van der Waals surface area contributed by atoms with Gasteiger partial charge in [-0.15, -0.1) is 0 Å². The molecular weight excluding hydrogens is 236 g/mol. The second kappa shape index (κ2) is 5.26. The quantitative estimate of drug-likeness (QED) is 0.894. The Bertz CT molecular complexity index is 550. The molecule has 98 valence electrons. The van der Waals surface area contributed by atoms with Gasteiger partial charge in [-0.3, -0.25) is 4.98 Å². The lowest BCUT2D eigenvalue weighted by Crippen LogP contribution is -2.24. The van der Waals surface area contributed by atoms with E-state index >= 15 is 0 Å². The molecule has 0 fully saturated rings. The van der Waals surface area contributed by atoms with E-state index in [-0.39, 0.29) is 0 Å². The zero-order chi connectivity index (χ0) is 13.1. The molecule has 1 aromatic heterocycles. The maximum absolute atomic E-state index is 5.57. The normalized spacial score (nSPS) is 14.8. The molecule has 2 aromatic rings. The van der Waals surface area contributed by atoms with Crippen LogP contribution in [0.1, 0.15) is 24.1 Å². The minimum Gasteiger partial charge on any atom is -0.382 e. The van der Waals surface area contributed by atoms with Gasteiger partial charge in [0.2, 0.25) is 0 Å². The van der Waals surface area contributed by atoms with Crippen molar-refractivity contribution < 1.29 is 0 Å². The molecule has 0 spiro atoms. The van der Waals surface area contributed by atoms with Crippen LogP contribution in [0.3, 0.4) is 0 Å². The highest BCUT2D eigenvalue weighted by molar-refractivity contribution is 5.54. The molecule has 0 unspecified atom stereocenters. The number of aromatic nitrogens is 2. The van der Waals surface area contributed by atoms with Crippen LogP contribution in [-0.4, -0.2) is 16.5 Å². The van der Waals surface area contributed by atoms with Gasteiger partial charge in [-0.2, -0.15) is 0 Å². The van der Waals surface area contributed by atoms with Crippen molar-refractivity contribution in [2.45, 2.75) is 25.8 Å². The number of hydrogen-bond donors (Lipinski definition) is 1. The number of nitrogens with zero attached hydrogens (tertiary/aromatic N) is 3. The van der Waals surface area contributed by atoms with Crippen molar-refractivity contribution in [2.75, 3.05) is 17.2 Å². The summed E-state index contributed by atoms with van der Waals surface area (Å²) in [5.41, 5.74) is 9.30. The average Bonchev–Trinajstić information content (AvgIpc) is 2.64. The lowest BCUT2D eigenvalue weighted by molar-refractivity contribution is 0.707. The first kappa shape index (κ1) is 12.0.